The molecule has 1 aliphatic heterocycles. The predicted octanol–water partition coefficient (Wildman–Crippen LogP) is 3.35. The van der Waals surface area contributed by atoms with E-state index < -0.39 is 10.0 Å². The largest absolute Gasteiger partial charge is 0.467 e. The summed E-state index contributed by atoms with van der Waals surface area (Å²) in [7, 11) is -3.58. The minimum absolute atomic E-state index is 0.145. The third kappa shape index (κ3) is 4.67. The van der Waals surface area contributed by atoms with Gasteiger partial charge < -0.3 is 9.15 Å². The van der Waals surface area contributed by atoms with Crippen molar-refractivity contribution in [3.63, 3.8) is 0 Å². The molecule has 1 saturated heterocycles. The summed E-state index contributed by atoms with van der Waals surface area (Å²) in [6.45, 7) is 1.76. The lowest BCUT2D eigenvalue weighted by molar-refractivity contribution is 0.0730. The van der Waals surface area contributed by atoms with Gasteiger partial charge in [0, 0.05) is 18.8 Å². The molecule has 0 atom stereocenters. The zero-order valence-electron chi connectivity index (χ0n) is 18.3. The van der Waals surface area contributed by atoms with Gasteiger partial charge in [-0.25, -0.2) is 13.4 Å². The second-order valence-corrected chi connectivity index (χ2v) is 10.7. The molecule has 2 aromatic carbocycles. The first-order valence-electron chi connectivity index (χ1n) is 10.8. The van der Waals surface area contributed by atoms with Crippen molar-refractivity contribution in [1.29, 1.82) is 0 Å². The normalized spacial score (nSPS) is 15.1. The number of benzene rings is 2. The van der Waals surface area contributed by atoms with Crippen LogP contribution in [-0.4, -0.2) is 48.6 Å². The maximum absolute atomic E-state index is 13.2. The lowest BCUT2D eigenvalue weighted by Gasteiger charge is -2.26. The Bertz CT molecular complexity index is 1460. The predicted molar refractivity (Wildman–Crippen MR) is 129 cm³/mol. The molecule has 34 heavy (non-hydrogen) atoms. The summed E-state index contributed by atoms with van der Waals surface area (Å²) < 4.78 is 39.9. The van der Waals surface area contributed by atoms with E-state index in [4.69, 9.17) is 14.1 Å². The van der Waals surface area contributed by atoms with E-state index in [1.54, 1.807) is 41.2 Å². The lowest BCUT2D eigenvalue weighted by Crippen LogP contribution is -2.40. The molecule has 2 aromatic heterocycles. The number of hydrogen-bond acceptors (Lipinski definition) is 7. The van der Waals surface area contributed by atoms with Crippen molar-refractivity contribution in [1.82, 2.24) is 13.9 Å². The molecule has 0 saturated carbocycles. The number of thioether (sulfide) groups is 1. The fourth-order valence-corrected chi connectivity index (χ4v) is 6.26. The summed E-state index contributed by atoms with van der Waals surface area (Å²) in [6.07, 6.45) is 1.57. The monoisotopic (exact) mass is 497 g/mol. The zero-order valence-corrected chi connectivity index (χ0v) is 19.9. The highest BCUT2D eigenvalue weighted by Gasteiger charge is 2.26. The maximum Gasteiger partial charge on any atom is 0.262 e. The van der Waals surface area contributed by atoms with Crippen molar-refractivity contribution < 1.29 is 17.6 Å². The number of rotatable bonds is 7. The topological polar surface area (TPSA) is 94.6 Å². The van der Waals surface area contributed by atoms with Crippen LogP contribution in [0.2, 0.25) is 0 Å². The number of para-hydroxylation sites is 1. The van der Waals surface area contributed by atoms with Crippen molar-refractivity contribution >= 4 is 32.7 Å². The number of hydrogen-bond donors (Lipinski definition) is 0. The zero-order chi connectivity index (χ0) is 23.5. The van der Waals surface area contributed by atoms with Gasteiger partial charge in [-0.2, -0.15) is 4.31 Å². The van der Waals surface area contributed by atoms with Crippen molar-refractivity contribution in [3.8, 4) is 0 Å². The molecular formula is C24H23N3O5S2. The molecule has 1 aliphatic rings. The van der Waals surface area contributed by atoms with Gasteiger partial charge in [0.15, 0.2) is 5.16 Å². The molecular weight excluding hydrogens is 474 g/mol. The molecule has 5 rings (SSSR count). The molecule has 1 fully saturated rings. The van der Waals surface area contributed by atoms with E-state index in [0.29, 0.717) is 53.9 Å². The number of morpholine rings is 1. The number of ether oxygens (including phenoxy) is 1. The quantitative estimate of drug-likeness (QED) is 0.285. The third-order valence-electron chi connectivity index (χ3n) is 5.59. The van der Waals surface area contributed by atoms with Crippen LogP contribution in [0.15, 0.2) is 86.2 Å². The highest BCUT2D eigenvalue weighted by molar-refractivity contribution is 7.98. The van der Waals surface area contributed by atoms with Crippen molar-refractivity contribution in [3.05, 3.63) is 88.6 Å². The first-order valence-corrected chi connectivity index (χ1v) is 13.3. The molecule has 10 heteroatoms. The molecule has 0 aliphatic carbocycles. The SMILES string of the molecule is O=c1c2ccccc2nc(SCc2cccc(S(=O)(=O)N3CCOCC3)c2)n1Cc1ccco1. The van der Waals surface area contributed by atoms with Crippen LogP contribution in [0.4, 0.5) is 0 Å². The van der Waals surface area contributed by atoms with Crippen molar-refractivity contribution in [2.75, 3.05) is 26.3 Å². The van der Waals surface area contributed by atoms with Crippen LogP contribution in [0.3, 0.4) is 0 Å². The molecule has 0 unspecified atom stereocenters. The van der Waals surface area contributed by atoms with E-state index >= 15 is 0 Å². The van der Waals surface area contributed by atoms with Crippen LogP contribution in [0.25, 0.3) is 10.9 Å². The van der Waals surface area contributed by atoms with Crippen LogP contribution >= 0.6 is 11.8 Å². The van der Waals surface area contributed by atoms with E-state index in [2.05, 4.69) is 0 Å². The first kappa shape index (κ1) is 22.9. The molecule has 0 spiro atoms. The second kappa shape index (κ2) is 9.75. The van der Waals surface area contributed by atoms with Crippen LogP contribution in [0.1, 0.15) is 11.3 Å². The minimum Gasteiger partial charge on any atom is -0.467 e. The van der Waals surface area contributed by atoms with Gasteiger partial charge in [-0.05, 0) is 42.0 Å². The van der Waals surface area contributed by atoms with Gasteiger partial charge >= 0.3 is 0 Å². The van der Waals surface area contributed by atoms with Crippen molar-refractivity contribution in [2.24, 2.45) is 0 Å². The molecule has 0 bridgehead atoms. The minimum atomic E-state index is -3.58. The van der Waals surface area contributed by atoms with Crippen LogP contribution in [0, 0.1) is 0 Å². The highest BCUT2D eigenvalue weighted by atomic mass is 32.2. The number of nitrogens with zero attached hydrogens (tertiary/aromatic N) is 3. The van der Waals surface area contributed by atoms with Gasteiger partial charge in [-0.1, -0.05) is 36.0 Å². The summed E-state index contributed by atoms with van der Waals surface area (Å²) in [6, 6.07) is 17.8. The fourth-order valence-electron chi connectivity index (χ4n) is 3.84. The second-order valence-electron chi connectivity index (χ2n) is 7.83. The summed E-state index contributed by atoms with van der Waals surface area (Å²) >= 11 is 1.39. The smallest absolute Gasteiger partial charge is 0.262 e. The van der Waals surface area contributed by atoms with Crippen molar-refractivity contribution in [2.45, 2.75) is 22.3 Å². The van der Waals surface area contributed by atoms with E-state index in [-0.39, 0.29) is 17.0 Å². The van der Waals surface area contributed by atoms with E-state index in [1.165, 1.54) is 16.1 Å². The first-order chi connectivity index (χ1) is 16.5. The number of furan rings is 1. The summed E-state index contributed by atoms with van der Waals surface area (Å²) in [4.78, 5) is 18.2. The van der Waals surface area contributed by atoms with Crippen LogP contribution < -0.4 is 5.56 Å². The molecule has 8 nitrogen and oxygen atoms in total. The highest BCUT2D eigenvalue weighted by Crippen LogP contribution is 2.25. The summed E-state index contributed by atoms with van der Waals surface area (Å²) in [5, 5.41) is 1.08. The van der Waals surface area contributed by atoms with Gasteiger partial charge in [0.25, 0.3) is 5.56 Å². The standard InChI is InChI=1S/C24H23N3O5S2/c28-23-21-8-1-2-9-22(21)25-24(27(23)16-19-6-4-12-32-19)33-17-18-5-3-7-20(15-18)34(29,30)26-10-13-31-14-11-26/h1-9,12,15H,10-11,13-14,16-17H2. The van der Waals surface area contributed by atoms with Crippen LogP contribution in [-0.2, 0) is 27.1 Å². The Labute approximate surface area is 201 Å². The Morgan fingerprint density at radius 3 is 2.62 bits per heavy atom. The Morgan fingerprint density at radius 1 is 1.00 bits per heavy atom. The van der Waals surface area contributed by atoms with E-state index in [1.807, 2.05) is 30.3 Å². The summed E-state index contributed by atoms with van der Waals surface area (Å²) in [5.74, 6) is 1.11. The van der Waals surface area contributed by atoms with Gasteiger partial charge in [0.05, 0.1) is 41.8 Å². The number of fused-ring (bicyclic) bond motifs is 1. The molecule has 4 aromatic rings. The van der Waals surface area contributed by atoms with E-state index in [9.17, 15) is 13.2 Å². The average Bonchev–Trinajstić information content (AvgIpc) is 3.39. The van der Waals surface area contributed by atoms with Gasteiger partial charge in [0.1, 0.15) is 5.76 Å². The molecule has 0 N–H and O–H groups in total. The molecule has 3 heterocycles. The Balaban J connectivity index is 1.44. The van der Waals surface area contributed by atoms with Gasteiger partial charge in [-0.3, -0.25) is 9.36 Å². The average molecular weight is 498 g/mol. The third-order valence-corrected chi connectivity index (χ3v) is 8.54. The number of aromatic nitrogens is 2. The Morgan fingerprint density at radius 2 is 1.82 bits per heavy atom. The Kier molecular flexibility index (Phi) is 6.55. The lowest BCUT2D eigenvalue weighted by atomic mass is 10.2. The van der Waals surface area contributed by atoms with Gasteiger partial charge in [-0.15, -0.1) is 0 Å². The maximum atomic E-state index is 13.2. The fraction of sp³-hybridized carbons (Fsp3) is 0.250. The molecule has 176 valence electrons. The van der Waals surface area contributed by atoms with Crippen LogP contribution in [0.5, 0.6) is 0 Å². The van der Waals surface area contributed by atoms with Gasteiger partial charge in [0.2, 0.25) is 10.0 Å². The van der Waals surface area contributed by atoms with E-state index in [0.717, 1.165) is 5.56 Å². The molecule has 0 radical (unpaired) electrons. The summed E-state index contributed by atoms with van der Waals surface area (Å²) in [5.41, 5.74) is 1.30. The number of sulfonamides is 1. The Hall–Kier alpha value is -2.92. The molecule has 0 amide bonds.